The van der Waals surface area contributed by atoms with Gasteiger partial charge in [0.25, 0.3) is 0 Å². The molecule has 0 unspecified atom stereocenters. The molecule has 0 fully saturated rings. The molecule has 0 aliphatic heterocycles. The van der Waals surface area contributed by atoms with Crippen molar-refractivity contribution in [3.05, 3.63) is 22.8 Å². The summed E-state index contributed by atoms with van der Waals surface area (Å²) in [6.45, 7) is 7.91. The summed E-state index contributed by atoms with van der Waals surface area (Å²) < 4.78 is 10.8. The number of rotatable bonds is 10. The van der Waals surface area contributed by atoms with E-state index in [-0.39, 0.29) is 6.61 Å². The van der Waals surface area contributed by atoms with Gasteiger partial charge in [-0.25, -0.2) is 4.98 Å². The molecule has 1 heterocycles. The van der Waals surface area contributed by atoms with Crippen molar-refractivity contribution in [2.75, 3.05) is 44.4 Å². The van der Waals surface area contributed by atoms with Crippen molar-refractivity contribution < 1.29 is 14.6 Å². The molecule has 6 heteroatoms. The number of halogens is 1. The van der Waals surface area contributed by atoms with Gasteiger partial charge >= 0.3 is 0 Å². The molecule has 1 aromatic rings. The van der Waals surface area contributed by atoms with Crippen LogP contribution in [0.2, 0.25) is 5.02 Å². The fourth-order valence-electron chi connectivity index (χ4n) is 1.74. The smallest absolute Gasteiger partial charge is 0.129 e. The first kappa shape index (κ1) is 17.2. The summed E-state index contributed by atoms with van der Waals surface area (Å²) in [7, 11) is 0. The third kappa shape index (κ3) is 5.63. The summed E-state index contributed by atoms with van der Waals surface area (Å²) in [5.74, 6) is 0.776. The van der Waals surface area contributed by atoms with Crippen molar-refractivity contribution in [2.45, 2.75) is 20.5 Å². The molecule has 0 atom stereocenters. The fraction of sp³-hybridized carbons (Fsp3) is 0.643. The van der Waals surface area contributed by atoms with Crippen molar-refractivity contribution in [3.63, 3.8) is 0 Å². The van der Waals surface area contributed by atoms with Crippen LogP contribution in [-0.2, 0) is 16.1 Å². The Morgan fingerprint density at radius 1 is 1.20 bits per heavy atom. The monoisotopic (exact) mass is 302 g/mol. The normalized spacial score (nSPS) is 10.8. The van der Waals surface area contributed by atoms with E-state index in [1.54, 1.807) is 12.3 Å². The maximum atomic E-state index is 9.27. The van der Waals surface area contributed by atoms with Crippen LogP contribution in [0.15, 0.2) is 12.3 Å². The maximum absolute atomic E-state index is 9.27. The third-order valence-electron chi connectivity index (χ3n) is 2.83. The minimum absolute atomic E-state index is 0.0981. The van der Waals surface area contributed by atoms with Crippen LogP contribution in [0, 0.1) is 0 Å². The van der Waals surface area contributed by atoms with Crippen LogP contribution in [-0.4, -0.2) is 49.6 Å². The molecule has 0 aliphatic rings. The number of nitrogens with zero attached hydrogens (tertiary/aromatic N) is 2. The van der Waals surface area contributed by atoms with Crippen molar-refractivity contribution in [1.29, 1.82) is 0 Å². The second kappa shape index (κ2) is 9.94. The first-order valence-corrected chi connectivity index (χ1v) is 7.26. The lowest BCUT2D eigenvalue weighted by Crippen LogP contribution is -2.32. The van der Waals surface area contributed by atoms with E-state index in [1.807, 2.05) is 13.8 Å². The highest BCUT2D eigenvalue weighted by Gasteiger charge is 2.10. The van der Waals surface area contributed by atoms with Gasteiger partial charge in [-0.05, 0) is 19.9 Å². The molecule has 1 aromatic heterocycles. The number of anilines is 1. The molecule has 0 bridgehead atoms. The molecule has 5 nitrogen and oxygen atoms in total. The maximum Gasteiger partial charge on any atom is 0.129 e. The van der Waals surface area contributed by atoms with Gasteiger partial charge in [0, 0.05) is 38.1 Å². The number of hydrogen-bond acceptors (Lipinski definition) is 5. The molecular weight excluding hydrogens is 280 g/mol. The second-order valence-electron chi connectivity index (χ2n) is 4.17. The van der Waals surface area contributed by atoms with Gasteiger partial charge in [-0.1, -0.05) is 11.6 Å². The lowest BCUT2D eigenvalue weighted by Gasteiger charge is -2.24. The molecule has 0 aliphatic carbocycles. The topological polar surface area (TPSA) is 54.8 Å². The Bertz CT molecular complexity index is 381. The fourth-order valence-corrected chi connectivity index (χ4v) is 1.90. The molecule has 114 valence electrons. The molecule has 0 spiro atoms. The van der Waals surface area contributed by atoms with Gasteiger partial charge < -0.3 is 19.5 Å². The SMILES string of the molecule is CCOCCN(CCOCC)c1cc(CO)c(Cl)cn1. The van der Waals surface area contributed by atoms with Gasteiger partial charge in [0.1, 0.15) is 5.82 Å². The molecule has 0 saturated carbocycles. The van der Waals surface area contributed by atoms with Crippen LogP contribution < -0.4 is 4.90 Å². The standard InChI is InChI=1S/C14H23ClN2O3/c1-3-19-7-5-17(6-8-20-4-2)14-9-12(11-18)13(15)10-16-14/h9-10,18H,3-8,11H2,1-2H3. The summed E-state index contributed by atoms with van der Waals surface area (Å²) in [5, 5.41) is 9.75. The lowest BCUT2D eigenvalue weighted by atomic mass is 10.2. The molecular formula is C14H23ClN2O3. The minimum Gasteiger partial charge on any atom is -0.392 e. The Morgan fingerprint density at radius 3 is 2.30 bits per heavy atom. The molecule has 0 aromatic carbocycles. The van der Waals surface area contributed by atoms with E-state index in [4.69, 9.17) is 21.1 Å². The average Bonchev–Trinajstić information content (AvgIpc) is 2.47. The van der Waals surface area contributed by atoms with E-state index in [9.17, 15) is 5.11 Å². The van der Waals surface area contributed by atoms with Crippen molar-refractivity contribution in [1.82, 2.24) is 4.98 Å². The number of aliphatic hydroxyl groups excluding tert-OH is 1. The van der Waals surface area contributed by atoms with E-state index >= 15 is 0 Å². The highest BCUT2D eigenvalue weighted by atomic mass is 35.5. The molecule has 1 rings (SSSR count). The highest BCUT2D eigenvalue weighted by Crippen LogP contribution is 2.20. The van der Waals surface area contributed by atoms with E-state index in [2.05, 4.69) is 9.88 Å². The van der Waals surface area contributed by atoms with Crippen molar-refractivity contribution in [3.8, 4) is 0 Å². The Kier molecular flexibility index (Phi) is 8.53. The summed E-state index contributed by atoms with van der Waals surface area (Å²) in [5.41, 5.74) is 0.675. The Labute approximate surface area is 125 Å². The van der Waals surface area contributed by atoms with Crippen LogP contribution >= 0.6 is 11.6 Å². The Balaban J connectivity index is 2.73. The quantitative estimate of drug-likeness (QED) is 0.671. The Morgan fingerprint density at radius 2 is 1.80 bits per heavy atom. The van der Waals surface area contributed by atoms with E-state index < -0.39 is 0 Å². The number of aromatic nitrogens is 1. The van der Waals surface area contributed by atoms with Gasteiger partial charge in [0.15, 0.2) is 0 Å². The number of aliphatic hydroxyl groups is 1. The molecule has 1 N–H and O–H groups in total. The Hall–Kier alpha value is -0.880. The van der Waals surface area contributed by atoms with Crippen LogP contribution in [0.25, 0.3) is 0 Å². The van der Waals surface area contributed by atoms with Gasteiger partial charge in [-0.3, -0.25) is 0 Å². The second-order valence-corrected chi connectivity index (χ2v) is 4.58. The summed E-state index contributed by atoms with van der Waals surface area (Å²) in [6.07, 6.45) is 1.57. The van der Waals surface area contributed by atoms with Crippen molar-refractivity contribution >= 4 is 17.4 Å². The van der Waals surface area contributed by atoms with E-state index in [0.717, 1.165) is 18.9 Å². The zero-order valence-electron chi connectivity index (χ0n) is 12.1. The van der Waals surface area contributed by atoms with E-state index in [0.29, 0.717) is 37.0 Å². The molecule has 0 radical (unpaired) electrons. The average molecular weight is 303 g/mol. The summed E-state index contributed by atoms with van der Waals surface area (Å²) in [6, 6.07) is 1.81. The summed E-state index contributed by atoms with van der Waals surface area (Å²) >= 11 is 5.96. The largest absolute Gasteiger partial charge is 0.392 e. The zero-order chi connectivity index (χ0) is 14.8. The van der Waals surface area contributed by atoms with E-state index in [1.165, 1.54) is 0 Å². The van der Waals surface area contributed by atoms with Crippen LogP contribution in [0.1, 0.15) is 19.4 Å². The number of hydrogen-bond donors (Lipinski definition) is 1. The minimum atomic E-state index is -0.0981. The highest BCUT2D eigenvalue weighted by molar-refractivity contribution is 6.31. The predicted molar refractivity (Wildman–Crippen MR) is 80.4 cm³/mol. The molecule has 0 saturated heterocycles. The predicted octanol–water partition coefficient (Wildman–Crippen LogP) is 2.11. The zero-order valence-corrected chi connectivity index (χ0v) is 12.9. The first-order valence-electron chi connectivity index (χ1n) is 6.88. The van der Waals surface area contributed by atoms with Crippen LogP contribution in [0.5, 0.6) is 0 Å². The van der Waals surface area contributed by atoms with Gasteiger partial charge in [-0.15, -0.1) is 0 Å². The van der Waals surface area contributed by atoms with Gasteiger partial charge in [0.2, 0.25) is 0 Å². The molecule has 20 heavy (non-hydrogen) atoms. The lowest BCUT2D eigenvalue weighted by molar-refractivity contribution is 0.141. The summed E-state index contributed by atoms with van der Waals surface area (Å²) in [4.78, 5) is 6.39. The van der Waals surface area contributed by atoms with Gasteiger partial charge in [0.05, 0.1) is 24.8 Å². The number of pyridine rings is 1. The number of ether oxygens (including phenoxy) is 2. The van der Waals surface area contributed by atoms with Gasteiger partial charge in [-0.2, -0.15) is 0 Å². The van der Waals surface area contributed by atoms with Crippen LogP contribution in [0.4, 0.5) is 5.82 Å². The first-order chi connectivity index (χ1) is 9.72. The van der Waals surface area contributed by atoms with Crippen molar-refractivity contribution in [2.24, 2.45) is 0 Å². The molecule has 0 amide bonds. The van der Waals surface area contributed by atoms with Crippen LogP contribution in [0.3, 0.4) is 0 Å². The third-order valence-corrected chi connectivity index (χ3v) is 3.17.